The minimum atomic E-state index is -0.298. The average Bonchev–Trinajstić information content (AvgIpc) is 2.37. The number of anilines is 2. The van der Waals surface area contributed by atoms with E-state index in [0.29, 0.717) is 5.69 Å². The van der Waals surface area contributed by atoms with E-state index in [1.54, 1.807) is 6.07 Å². The molecule has 2 rings (SSSR count). The summed E-state index contributed by atoms with van der Waals surface area (Å²) in [4.78, 5) is 2.06. The summed E-state index contributed by atoms with van der Waals surface area (Å²) >= 11 is 0. The molecule has 19 heavy (non-hydrogen) atoms. The van der Waals surface area contributed by atoms with Gasteiger partial charge in [-0.15, -0.1) is 0 Å². The number of nitrogen functional groups attached to an aromatic ring is 1. The summed E-state index contributed by atoms with van der Waals surface area (Å²) in [6, 6.07) is 12.9. The summed E-state index contributed by atoms with van der Waals surface area (Å²) in [5, 5.41) is 0. The van der Waals surface area contributed by atoms with E-state index in [-0.39, 0.29) is 5.82 Å². The lowest BCUT2D eigenvalue weighted by Crippen LogP contribution is -2.21. The van der Waals surface area contributed by atoms with Crippen molar-refractivity contribution in [2.24, 2.45) is 0 Å². The summed E-state index contributed by atoms with van der Waals surface area (Å²) < 4.78 is 13.0. The van der Waals surface area contributed by atoms with Gasteiger partial charge in [0.1, 0.15) is 5.82 Å². The predicted octanol–water partition coefficient (Wildman–Crippen LogP) is 3.40. The molecule has 0 fully saturated rings. The van der Waals surface area contributed by atoms with Gasteiger partial charge in [0.15, 0.2) is 0 Å². The largest absolute Gasteiger partial charge is 0.397 e. The zero-order valence-electron chi connectivity index (χ0n) is 11.4. The molecule has 0 aliphatic carbocycles. The Morgan fingerprint density at radius 3 is 2.58 bits per heavy atom. The van der Waals surface area contributed by atoms with Crippen LogP contribution >= 0.6 is 0 Å². The van der Waals surface area contributed by atoms with Crippen LogP contribution in [0.3, 0.4) is 0 Å². The monoisotopic (exact) mass is 258 g/mol. The third-order valence-electron chi connectivity index (χ3n) is 3.38. The Morgan fingerprint density at radius 2 is 1.89 bits per heavy atom. The summed E-state index contributed by atoms with van der Waals surface area (Å²) in [6.07, 6.45) is 0.944. The van der Waals surface area contributed by atoms with E-state index in [1.165, 1.54) is 23.3 Å². The molecule has 2 aromatic carbocycles. The van der Waals surface area contributed by atoms with Crippen LogP contribution in [0.4, 0.5) is 15.8 Å². The van der Waals surface area contributed by atoms with Crippen molar-refractivity contribution in [1.29, 1.82) is 0 Å². The van der Waals surface area contributed by atoms with Crippen molar-refractivity contribution in [3.63, 3.8) is 0 Å². The molecular formula is C16H19FN2. The average molecular weight is 258 g/mol. The fourth-order valence-corrected chi connectivity index (χ4v) is 2.17. The molecule has 0 heterocycles. The minimum absolute atomic E-state index is 0.298. The first kappa shape index (κ1) is 13.4. The molecule has 100 valence electrons. The maximum absolute atomic E-state index is 13.0. The first-order chi connectivity index (χ1) is 9.08. The SMILES string of the molecule is Cc1ccccc1CCN(C)c1ccc(F)cc1N. The van der Waals surface area contributed by atoms with Crippen LogP contribution in [-0.4, -0.2) is 13.6 Å². The van der Waals surface area contributed by atoms with E-state index in [4.69, 9.17) is 5.73 Å². The molecule has 3 heteroatoms. The molecule has 0 atom stereocenters. The molecule has 2 aromatic rings. The maximum atomic E-state index is 13.0. The summed E-state index contributed by atoms with van der Waals surface area (Å²) in [5.41, 5.74) is 9.81. The lowest BCUT2D eigenvalue weighted by molar-refractivity contribution is 0.628. The van der Waals surface area contributed by atoms with Gasteiger partial charge in [-0.25, -0.2) is 4.39 Å². The van der Waals surface area contributed by atoms with Crippen molar-refractivity contribution >= 4 is 11.4 Å². The predicted molar refractivity (Wildman–Crippen MR) is 79.0 cm³/mol. The van der Waals surface area contributed by atoms with Crippen molar-refractivity contribution in [2.45, 2.75) is 13.3 Å². The van der Waals surface area contributed by atoms with Crippen LogP contribution in [0.25, 0.3) is 0 Å². The van der Waals surface area contributed by atoms with Gasteiger partial charge in [0.25, 0.3) is 0 Å². The van der Waals surface area contributed by atoms with Crippen LogP contribution in [0.2, 0.25) is 0 Å². The normalized spacial score (nSPS) is 10.5. The number of hydrogen-bond acceptors (Lipinski definition) is 2. The summed E-state index contributed by atoms with van der Waals surface area (Å²) in [7, 11) is 1.97. The first-order valence-corrected chi connectivity index (χ1v) is 6.38. The Balaban J connectivity index is 2.05. The van der Waals surface area contributed by atoms with E-state index in [1.807, 2.05) is 13.1 Å². The number of nitrogens with two attached hydrogens (primary N) is 1. The van der Waals surface area contributed by atoms with Gasteiger partial charge in [0.05, 0.1) is 11.4 Å². The summed E-state index contributed by atoms with van der Waals surface area (Å²) in [5.74, 6) is -0.298. The number of hydrogen-bond donors (Lipinski definition) is 1. The molecule has 0 aromatic heterocycles. The molecule has 0 spiro atoms. The number of rotatable bonds is 4. The third-order valence-corrected chi connectivity index (χ3v) is 3.38. The van der Waals surface area contributed by atoms with E-state index >= 15 is 0 Å². The molecule has 2 nitrogen and oxygen atoms in total. The highest BCUT2D eigenvalue weighted by atomic mass is 19.1. The molecule has 0 amide bonds. The van der Waals surface area contributed by atoms with Crippen LogP contribution in [-0.2, 0) is 6.42 Å². The molecule has 0 saturated heterocycles. The van der Waals surface area contributed by atoms with Crippen LogP contribution < -0.4 is 10.6 Å². The van der Waals surface area contributed by atoms with E-state index in [0.717, 1.165) is 18.7 Å². The van der Waals surface area contributed by atoms with Crippen molar-refractivity contribution < 1.29 is 4.39 Å². The number of benzene rings is 2. The number of halogens is 1. The van der Waals surface area contributed by atoms with Crippen LogP contribution in [0.5, 0.6) is 0 Å². The molecule has 2 N–H and O–H groups in total. The molecule has 0 aliphatic rings. The Bertz CT molecular complexity index is 566. The van der Waals surface area contributed by atoms with Gasteiger partial charge < -0.3 is 10.6 Å². The van der Waals surface area contributed by atoms with Gasteiger partial charge >= 0.3 is 0 Å². The maximum Gasteiger partial charge on any atom is 0.125 e. The van der Waals surface area contributed by atoms with E-state index in [9.17, 15) is 4.39 Å². The second kappa shape index (κ2) is 5.74. The highest BCUT2D eigenvalue weighted by molar-refractivity contribution is 5.67. The van der Waals surface area contributed by atoms with Crippen molar-refractivity contribution in [2.75, 3.05) is 24.2 Å². The number of aryl methyl sites for hydroxylation is 1. The Morgan fingerprint density at radius 1 is 1.16 bits per heavy atom. The van der Waals surface area contributed by atoms with Gasteiger partial charge in [0, 0.05) is 13.6 Å². The first-order valence-electron chi connectivity index (χ1n) is 6.38. The highest BCUT2D eigenvalue weighted by Crippen LogP contribution is 2.23. The van der Waals surface area contributed by atoms with E-state index < -0.39 is 0 Å². The Kier molecular flexibility index (Phi) is 4.05. The van der Waals surface area contributed by atoms with Crippen LogP contribution in [0.15, 0.2) is 42.5 Å². The molecule has 0 unspecified atom stereocenters. The molecular weight excluding hydrogens is 239 g/mol. The zero-order valence-corrected chi connectivity index (χ0v) is 11.4. The smallest absolute Gasteiger partial charge is 0.125 e. The molecule has 0 aliphatic heterocycles. The topological polar surface area (TPSA) is 29.3 Å². The van der Waals surface area contributed by atoms with Gasteiger partial charge in [-0.3, -0.25) is 0 Å². The zero-order chi connectivity index (χ0) is 13.8. The van der Waals surface area contributed by atoms with Gasteiger partial charge in [-0.05, 0) is 42.7 Å². The second-order valence-electron chi connectivity index (χ2n) is 4.80. The Hall–Kier alpha value is -2.03. The fraction of sp³-hybridized carbons (Fsp3) is 0.250. The van der Waals surface area contributed by atoms with E-state index in [2.05, 4.69) is 30.0 Å². The molecule has 0 bridgehead atoms. The quantitative estimate of drug-likeness (QED) is 0.852. The van der Waals surface area contributed by atoms with Crippen LogP contribution in [0.1, 0.15) is 11.1 Å². The standard InChI is InChI=1S/C16H19FN2/c1-12-5-3-4-6-13(12)9-10-19(2)16-8-7-14(17)11-15(16)18/h3-8,11H,9-10,18H2,1-2H3. The fourth-order valence-electron chi connectivity index (χ4n) is 2.17. The lowest BCUT2D eigenvalue weighted by Gasteiger charge is -2.21. The van der Waals surface area contributed by atoms with Crippen LogP contribution in [0, 0.1) is 12.7 Å². The number of likely N-dealkylation sites (N-methyl/N-ethyl adjacent to an activating group) is 1. The van der Waals surface area contributed by atoms with Gasteiger partial charge in [-0.2, -0.15) is 0 Å². The minimum Gasteiger partial charge on any atom is -0.397 e. The van der Waals surface area contributed by atoms with Crippen molar-refractivity contribution in [3.05, 3.63) is 59.4 Å². The van der Waals surface area contributed by atoms with Crippen molar-refractivity contribution in [3.8, 4) is 0 Å². The highest BCUT2D eigenvalue weighted by Gasteiger charge is 2.07. The Labute approximate surface area is 113 Å². The second-order valence-corrected chi connectivity index (χ2v) is 4.80. The van der Waals surface area contributed by atoms with Gasteiger partial charge in [-0.1, -0.05) is 24.3 Å². The molecule has 0 radical (unpaired) electrons. The molecule has 0 saturated carbocycles. The number of nitrogens with zero attached hydrogens (tertiary/aromatic N) is 1. The van der Waals surface area contributed by atoms with Crippen molar-refractivity contribution in [1.82, 2.24) is 0 Å². The van der Waals surface area contributed by atoms with Gasteiger partial charge in [0.2, 0.25) is 0 Å². The lowest BCUT2D eigenvalue weighted by atomic mass is 10.1. The summed E-state index contributed by atoms with van der Waals surface area (Å²) in [6.45, 7) is 2.96. The third kappa shape index (κ3) is 3.25.